The summed E-state index contributed by atoms with van der Waals surface area (Å²) in [6, 6.07) is 0. The number of aliphatic hydroxyl groups excluding tert-OH is 4. The predicted octanol–water partition coefficient (Wildman–Crippen LogP) is 14.8. The topological polar surface area (TPSA) is 254 Å². The number of amides is 2. The highest BCUT2D eigenvalue weighted by Gasteiger charge is 2.19. The summed E-state index contributed by atoms with van der Waals surface area (Å²) in [5, 5.41) is 50.5. The normalized spacial score (nSPS) is 13.2. The Balaban J connectivity index is 5.12. The molecule has 2 amide bonds. The van der Waals surface area contributed by atoms with Crippen LogP contribution in [0.15, 0.2) is 48.6 Å². The lowest BCUT2D eigenvalue weighted by Crippen LogP contribution is -2.41. The number of unbranched alkanes of at least 4 members (excludes halogenated alkanes) is 26. The van der Waals surface area contributed by atoms with Crippen LogP contribution in [0.2, 0.25) is 0 Å². The van der Waals surface area contributed by atoms with Crippen LogP contribution in [0.25, 0.3) is 0 Å². The number of ether oxygens (including phenoxy) is 4. The van der Waals surface area contributed by atoms with Crippen LogP contribution in [-0.4, -0.2) is 194 Å². The van der Waals surface area contributed by atoms with E-state index in [1.54, 1.807) is 11.9 Å². The second-order valence-electron chi connectivity index (χ2n) is 27.8. The molecule has 0 radical (unpaired) electrons. The molecule has 100 heavy (non-hydrogen) atoms. The summed E-state index contributed by atoms with van der Waals surface area (Å²) in [4.78, 5) is 81.0. The largest absolute Gasteiger partial charge is 0.461 e. The minimum atomic E-state index is -0.612. The number of hydrogen-bond acceptors (Lipinski definition) is 17. The number of allylic oxidation sites excluding steroid dienone is 4. The first kappa shape index (κ1) is 95.5. The third kappa shape index (κ3) is 69.2. The molecule has 0 heterocycles. The second-order valence-corrected chi connectivity index (χ2v) is 27.8. The van der Waals surface area contributed by atoms with Crippen LogP contribution in [0.4, 0.5) is 0 Å². The highest BCUT2D eigenvalue weighted by Crippen LogP contribution is 2.16. The minimum Gasteiger partial charge on any atom is -0.461 e. The molecule has 0 bridgehead atoms. The fourth-order valence-electron chi connectivity index (χ4n) is 11.8. The molecule has 0 saturated heterocycles. The molecular weight excluding hydrogens is 1270 g/mol. The molecule has 0 aromatic heterocycles. The van der Waals surface area contributed by atoms with Crippen molar-refractivity contribution in [3.63, 3.8) is 0 Å². The van der Waals surface area contributed by atoms with Gasteiger partial charge >= 0.3 is 23.9 Å². The van der Waals surface area contributed by atoms with Crippen LogP contribution < -0.4 is 10.6 Å². The average Bonchev–Trinajstić information content (AvgIpc) is 3.52. The number of carbonyl (C=O) groups is 6. The van der Waals surface area contributed by atoms with Crippen molar-refractivity contribution in [2.75, 3.05) is 98.9 Å². The van der Waals surface area contributed by atoms with Gasteiger partial charge in [0, 0.05) is 65.0 Å². The van der Waals surface area contributed by atoms with E-state index in [2.05, 4.69) is 72.4 Å². The summed E-state index contributed by atoms with van der Waals surface area (Å²) in [5.74, 6) is -1.23. The lowest BCUT2D eigenvalue weighted by Gasteiger charge is -2.27. The highest BCUT2D eigenvalue weighted by molar-refractivity contribution is 5.81. The second kappa shape index (κ2) is 72.8. The molecule has 0 aromatic rings. The number of aliphatic hydroxyl groups is 4. The van der Waals surface area contributed by atoms with Crippen LogP contribution >= 0.6 is 0 Å². The van der Waals surface area contributed by atoms with Crippen molar-refractivity contribution in [3.05, 3.63) is 48.6 Å². The van der Waals surface area contributed by atoms with Gasteiger partial charge in [-0.15, -0.1) is 0 Å². The van der Waals surface area contributed by atoms with E-state index in [0.717, 1.165) is 116 Å². The first-order chi connectivity index (χ1) is 48.6. The number of nitrogens with one attached hydrogen (secondary N) is 2. The highest BCUT2D eigenvalue weighted by atomic mass is 16.5. The molecule has 19 heteroatoms. The number of carbonyl (C=O) groups excluding carboxylic acids is 6. The van der Waals surface area contributed by atoms with E-state index >= 15 is 0 Å². The summed E-state index contributed by atoms with van der Waals surface area (Å²) < 4.78 is 21.5. The van der Waals surface area contributed by atoms with Gasteiger partial charge in [0.2, 0.25) is 11.8 Å². The van der Waals surface area contributed by atoms with E-state index in [0.29, 0.717) is 169 Å². The van der Waals surface area contributed by atoms with Gasteiger partial charge in [0.05, 0.1) is 37.5 Å². The number of hydrogen-bond donors (Lipinski definition) is 6. The molecule has 6 N–H and O–H groups in total. The van der Waals surface area contributed by atoms with E-state index < -0.39 is 24.4 Å². The molecule has 0 aliphatic rings. The van der Waals surface area contributed by atoms with Crippen LogP contribution in [-0.2, 0) is 47.7 Å². The van der Waals surface area contributed by atoms with Crippen molar-refractivity contribution in [1.29, 1.82) is 0 Å². The minimum absolute atomic E-state index is 0.0422. The average molecular weight is 1420 g/mol. The Morgan fingerprint density at radius 3 is 0.820 bits per heavy atom. The third-order valence-corrected chi connectivity index (χ3v) is 17.7. The molecule has 0 fully saturated rings. The lowest BCUT2D eigenvalue weighted by molar-refractivity contribution is -0.143. The molecule has 19 nitrogen and oxygen atoms in total. The first-order valence-electron chi connectivity index (χ1n) is 40.2. The van der Waals surface area contributed by atoms with Crippen molar-refractivity contribution in [2.24, 2.45) is 0 Å². The molecule has 0 rings (SSSR count). The zero-order valence-corrected chi connectivity index (χ0v) is 64.2. The van der Waals surface area contributed by atoms with Gasteiger partial charge in [0.25, 0.3) is 0 Å². The van der Waals surface area contributed by atoms with Gasteiger partial charge in [-0.05, 0) is 149 Å². The molecule has 0 aliphatic carbocycles. The zero-order chi connectivity index (χ0) is 73.4. The summed E-state index contributed by atoms with van der Waals surface area (Å²) in [6.45, 7) is 13.7. The Morgan fingerprint density at radius 1 is 0.320 bits per heavy atom. The third-order valence-electron chi connectivity index (χ3n) is 17.7. The number of nitrogens with zero attached hydrogens (tertiary/aromatic N) is 3. The summed E-state index contributed by atoms with van der Waals surface area (Å²) >= 11 is 0. The van der Waals surface area contributed by atoms with Gasteiger partial charge in [-0.25, -0.2) is 0 Å². The molecule has 582 valence electrons. The molecule has 4 unspecified atom stereocenters. The van der Waals surface area contributed by atoms with Gasteiger partial charge in [0.1, 0.15) is 26.4 Å². The van der Waals surface area contributed by atoms with Crippen LogP contribution in [0.1, 0.15) is 310 Å². The molecule has 0 saturated carbocycles. The smallest absolute Gasteiger partial charge is 0.306 e. The van der Waals surface area contributed by atoms with Crippen molar-refractivity contribution in [2.45, 2.75) is 335 Å². The molecule has 4 atom stereocenters. The molecule has 0 spiro atoms. The maximum absolute atomic E-state index is 13.0. The van der Waals surface area contributed by atoms with Gasteiger partial charge in [-0.3, -0.25) is 43.5 Å². The SMILES string of the molecule is CCCCCC/C=C\COC(=O)CCCCCC(O)CN(CCCCNC(=O)CN(C)CC(=O)NCCCCN(CC(O)CCCCCC(=O)OC/C=C\CCCCCC)CC(O)CCCCCC(=O)OC/C=C\CCCCCC)CC(O)CCCCCC(=O)OC/C=C\CCCCCC. The van der Waals surface area contributed by atoms with E-state index in [-0.39, 0.29) is 48.8 Å². The lowest BCUT2D eigenvalue weighted by atomic mass is 10.1. The number of esters is 4. The Labute approximate surface area is 608 Å². The van der Waals surface area contributed by atoms with Crippen molar-refractivity contribution < 1.29 is 68.1 Å². The fraction of sp³-hybridized carbons (Fsp3) is 0.827. The first-order valence-corrected chi connectivity index (χ1v) is 40.2. The van der Waals surface area contributed by atoms with Crippen LogP contribution in [0.3, 0.4) is 0 Å². The predicted molar refractivity (Wildman–Crippen MR) is 407 cm³/mol. The van der Waals surface area contributed by atoms with E-state index in [1.165, 1.54) is 77.0 Å². The summed E-state index contributed by atoms with van der Waals surface area (Å²) in [5.41, 5.74) is 0. The monoisotopic (exact) mass is 1420 g/mol. The van der Waals surface area contributed by atoms with Gasteiger partial charge in [0.15, 0.2) is 0 Å². The van der Waals surface area contributed by atoms with Crippen molar-refractivity contribution in [1.82, 2.24) is 25.3 Å². The van der Waals surface area contributed by atoms with Crippen molar-refractivity contribution in [3.8, 4) is 0 Å². The Hall–Kier alpha value is -4.50. The maximum atomic E-state index is 13.0. The van der Waals surface area contributed by atoms with Crippen LogP contribution in [0, 0.1) is 0 Å². The zero-order valence-electron chi connectivity index (χ0n) is 64.2. The number of likely N-dealkylation sites (N-methyl/N-ethyl adjacent to an activating group) is 1. The van der Waals surface area contributed by atoms with E-state index in [4.69, 9.17) is 18.9 Å². The van der Waals surface area contributed by atoms with Crippen LogP contribution in [0.5, 0.6) is 0 Å². The van der Waals surface area contributed by atoms with Gasteiger partial charge < -0.3 is 50.0 Å². The molecule has 0 aromatic carbocycles. The number of rotatable bonds is 74. The Morgan fingerprint density at radius 2 is 0.570 bits per heavy atom. The Kier molecular flexibility index (Phi) is 69.6. The van der Waals surface area contributed by atoms with E-state index in [1.807, 2.05) is 24.3 Å². The van der Waals surface area contributed by atoms with Gasteiger partial charge in [-0.1, -0.05) is 205 Å². The maximum Gasteiger partial charge on any atom is 0.306 e. The van der Waals surface area contributed by atoms with Gasteiger partial charge in [-0.2, -0.15) is 0 Å². The standard InChI is InChI=1S/C81H149N5O14/c1-6-10-14-18-22-26-46-62-97-78(93)54-38-30-34-50-72(87)66-85(67-73(88)51-35-31-39-55-79(94)98-63-47-27-23-19-15-11-7-2)60-44-42-58-82-76(91)70-84(5)71-77(92)83-59-43-45-61-86(68-74(89)52-36-32-40-56-80(95)99-64-48-28-24-20-16-12-8-3)69-75(90)53-37-33-41-57-81(96)100-65-49-29-25-21-17-13-9-4/h26-29,46-49,72-75,87-90H,6-25,30-45,50-71H2,1-5H3,(H,82,91)(H,83,92)/b46-26-,47-27-,48-28-,49-29-. The van der Waals surface area contributed by atoms with E-state index in [9.17, 15) is 49.2 Å². The molecular formula is C81H149N5O14. The molecule has 0 aliphatic heterocycles. The summed E-state index contributed by atoms with van der Waals surface area (Å²) in [7, 11) is 1.73. The fourth-order valence-corrected chi connectivity index (χ4v) is 11.8. The Bertz CT molecular complexity index is 1810. The summed E-state index contributed by atoms with van der Waals surface area (Å²) in [6.07, 6.45) is 52.2. The van der Waals surface area contributed by atoms with Crippen molar-refractivity contribution >= 4 is 35.7 Å². The quantitative estimate of drug-likeness (QED) is 0.0143.